The van der Waals surface area contributed by atoms with Gasteiger partial charge in [-0.15, -0.1) is 0 Å². The average Bonchev–Trinajstić information content (AvgIpc) is 2.13. The van der Waals surface area contributed by atoms with E-state index in [1.54, 1.807) is 0 Å². The molecule has 2 rings (SSSR count). The van der Waals surface area contributed by atoms with Gasteiger partial charge in [0.15, 0.2) is 0 Å². The number of hydrogen-bond acceptors (Lipinski definition) is 1. The molecule has 0 bridgehead atoms. The summed E-state index contributed by atoms with van der Waals surface area (Å²) in [5.41, 5.74) is 0.147. The molecule has 1 saturated carbocycles. The van der Waals surface area contributed by atoms with E-state index in [-0.39, 0.29) is 5.41 Å². The van der Waals surface area contributed by atoms with Crippen LogP contribution in [0.1, 0.15) is 39.0 Å². The van der Waals surface area contributed by atoms with Crippen molar-refractivity contribution in [3.63, 3.8) is 0 Å². The molecule has 0 N–H and O–H groups in total. The Balaban J connectivity index is 1.80. The Morgan fingerprint density at radius 2 is 1.82 bits per heavy atom. The molecule has 0 aromatic rings. The van der Waals surface area contributed by atoms with Gasteiger partial charge in [0.25, 0.3) is 0 Å². The van der Waals surface area contributed by atoms with E-state index in [4.69, 9.17) is 0 Å². The first-order valence-corrected chi connectivity index (χ1v) is 6.14. The Morgan fingerprint density at radius 1 is 1.29 bits per heavy atom. The van der Waals surface area contributed by atoms with Crippen molar-refractivity contribution < 1.29 is 18.0 Å². The quantitative estimate of drug-likeness (QED) is 0.699. The van der Waals surface area contributed by atoms with Crippen molar-refractivity contribution >= 4 is 5.91 Å². The van der Waals surface area contributed by atoms with Crippen molar-refractivity contribution in [1.29, 1.82) is 0 Å². The number of hydrogen-bond donors (Lipinski definition) is 0. The van der Waals surface area contributed by atoms with Crippen LogP contribution >= 0.6 is 0 Å². The highest BCUT2D eigenvalue weighted by molar-refractivity contribution is 5.77. The highest BCUT2D eigenvalue weighted by Gasteiger charge is 2.47. The molecular formula is C12H18F3NO. The van der Waals surface area contributed by atoms with Gasteiger partial charge in [0.2, 0.25) is 5.91 Å². The second-order valence-electron chi connectivity index (χ2n) is 5.72. The number of likely N-dealkylation sites (tertiary alicyclic amines) is 1. The highest BCUT2D eigenvalue weighted by Crippen LogP contribution is 2.45. The molecule has 0 atom stereocenters. The zero-order valence-electron chi connectivity index (χ0n) is 10.0. The number of halogens is 3. The van der Waals surface area contributed by atoms with Crippen LogP contribution in [0.5, 0.6) is 0 Å². The van der Waals surface area contributed by atoms with Crippen molar-refractivity contribution in [2.45, 2.75) is 45.2 Å². The van der Waals surface area contributed by atoms with Crippen molar-refractivity contribution in [2.75, 3.05) is 13.1 Å². The largest absolute Gasteiger partial charge is 0.397 e. The molecule has 0 aromatic heterocycles. The summed E-state index contributed by atoms with van der Waals surface area (Å²) in [7, 11) is 0. The van der Waals surface area contributed by atoms with Crippen molar-refractivity contribution in [3.8, 4) is 0 Å². The summed E-state index contributed by atoms with van der Waals surface area (Å²) in [5, 5.41) is 0. The second-order valence-corrected chi connectivity index (χ2v) is 5.72. The number of carbonyl (C=O) groups excluding carboxylic acids is 1. The number of nitrogens with zero attached hydrogens (tertiary/aromatic N) is 1. The normalized spacial score (nSPS) is 24.8. The fourth-order valence-electron chi connectivity index (χ4n) is 2.91. The van der Waals surface area contributed by atoms with Gasteiger partial charge in [-0.3, -0.25) is 4.79 Å². The smallest absolute Gasteiger partial charge is 0.341 e. The minimum Gasteiger partial charge on any atom is -0.341 e. The van der Waals surface area contributed by atoms with Gasteiger partial charge in [-0.1, -0.05) is 19.8 Å². The van der Waals surface area contributed by atoms with E-state index in [2.05, 4.69) is 6.92 Å². The minimum absolute atomic E-state index is 0.147. The number of amides is 1. The molecule has 0 radical (unpaired) electrons. The summed E-state index contributed by atoms with van der Waals surface area (Å²) < 4.78 is 36.2. The Morgan fingerprint density at radius 3 is 2.29 bits per heavy atom. The van der Waals surface area contributed by atoms with Gasteiger partial charge in [0.05, 0.1) is 0 Å². The predicted octanol–water partition coefficient (Wildman–Crippen LogP) is 2.98. The van der Waals surface area contributed by atoms with E-state index in [0.29, 0.717) is 13.1 Å². The lowest BCUT2D eigenvalue weighted by Crippen LogP contribution is -2.59. The summed E-state index contributed by atoms with van der Waals surface area (Å²) >= 11 is 0. The maximum Gasteiger partial charge on any atom is 0.397 e. The Labute approximate surface area is 99.2 Å². The van der Waals surface area contributed by atoms with Crippen LogP contribution in [0.3, 0.4) is 0 Å². The Kier molecular flexibility index (Phi) is 3.12. The third kappa shape index (κ3) is 2.93. The molecule has 5 heteroatoms. The maximum absolute atomic E-state index is 12.1. The first kappa shape index (κ1) is 12.7. The van der Waals surface area contributed by atoms with Gasteiger partial charge in [-0.25, -0.2) is 0 Å². The van der Waals surface area contributed by atoms with Gasteiger partial charge in [0.1, 0.15) is 6.42 Å². The van der Waals surface area contributed by atoms with Gasteiger partial charge in [0, 0.05) is 18.5 Å². The molecule has 1 spiro atoms. The first-order valence-electron chi connectivity index (χ1n) is 6.14. The van der Waals surface area contributed by atoms with Crippen LogP contribution in [-0.2, 0) is 4.79 Å². The predicted molar refractivity (Wildman–Crippen MR) is 57.3 cm³/mol. The van der Waals surface area contributed by atoms with Crippen LogP contribution in [0.4, 0.5) is 13.2 Å². The number of carbonyl (C=O) groups is 1. The van der Waals surface area contributed by atoms with E-state index in [0.717, 1.165) is 31.6 Å². The highest BCUT2D eigenvalue weighted by atomic mass is 19.4. The summed E-state index contributed by atoms with van der Waals surface area (Å²) in [6.07, 6.45) is -1.28. The van der Waals surface area contributed by atoms with Crippen LogP contribution in [0, 0.1) is 11.3 Å². The molecule has 1 aliphatic heterocycles. The average molecular weight is 249 g/mol. The van der Waals surface area contributed by atoms with Crippen molar-refractivity contribution in [1.82, 2.24) is 4.90 Å². The summed E-state index contributed by atoms with van der Waals surface area (Å²) in [5.74, 6) is -0.0395. The summed E-state index contributed by atoms with van der Waals surface area (Å²) in [4.78, 5) is 12.7. The van der Waals surface area contributed by atoms with E-state index >= 15 is 0 Å². The lowest BCUT2D eigenvalue weighted by molar-refractivity contribution is -0.171. The molecule has 17 heavy (non-hydrogen) atoms. The zero-order chi connectivity index (χ0) is 12.7. The zero-order valence-corrected chi connectivity index (χ0v) is 10.0. The molecule has 0 aromatic carbocycles. The van der Waals surface area contributed by atoms with Gasteiger partial charge in [-0.2, -0.15) is 13.2 Å². The van der Waals surface area contributed by atoms with Crippen LogP contribution < -0.4 is 0 Å². The molecule has 2 aliphatic rings. The standard InChI is InChI=1S/C12H18F3NO/c1-9-2-4-11(5-3-9)7-16(8-11)10(17)6-12(13,14)15/h9H,2-8H2,1H3. The molecule has 1 saturated heterocycles. The van der Waals surface area contributed by atoms with E-state index < -0.39 is 18.5 Å². The van der Waals surface area contributed by atoms with Crippen molar-refractivity contribution in [2.24, 2.45) is 11.3 Å². The summed E-state index contributed by atoms with van der Waals surface area (Å²) in [6, 6.07) is 0. The lowest BCUT2D eigenvalue weighted by Gasteiger charge is -2.53. The molecule has 1 amide bonds. The summed E-state index contributed by atoms with van der Waals surface area (Å²) in [6.45, 7) is 3.28. The monoisotopic (exact) mass is 249 g/mol. The lowest BCUT2D eigenvalue weighted by atomic mass is 9.66. The third-order valence-electron chi connectivity index (χ3n) is 4.09. The second kappa shape index (κ2) is 4.18. The molecule has 1 aliphatic carbocycles. The fourth-order valence-corrected chi connectivity index (χ4v) is 2.91. The maximum atomic E-state index is 12.1. The van der Waals surface area contributed by atoms with E-state index in [1.807, 2.05) is 0 Å². The molecule has 2 nitrogen and oxygen atoms in total. The Bertz CT molecular complexity index is 297. The Hall–Kier alpha value is -0.740. The third-order valence-corrected chi connectivity index (χ3v) is 4.09. The van der Waals surface area contributed by atoms with E-state index in [9.17, 15) is 18.0 Å². The van der Waals surface area contributed by atoms with Crippen LogP contribution in [0.25, 0.3) is 0 Å². The topological polar surface area (TPSA) is 20.3 Å². The molecular weight excluding hydrogens is 231 g/mol. The van der Waals surface area contributed by atoms with Gasteiger partial charge in [-0.05, 0) is 18.8 Å². The van der Waals surface area contributed by atoms with Crippen molar-refractivity contribution in [3.05, 3.63) is 0 Å². The number of alkyl halides is 3. The van der Waals surface area contributed by atoms with E-state index in [1.165, 1.54) is 4.90 Å². The molecule has 0 unspecified atom stereocenters. The SMILES string of the molecule is CC1CCC2(CC1)CN(C(=O)CC(F)(F)F)C2. The molecule has 98 valence electrons. The number of rotatable bonds is 1. The molecule has 1 heterocycles. The molecule has 2 fully saturated rings. The first-order chi connectivity index (χ1) is 7.80. The van der Waals surface area contributed by atoms with Gasteiger partial charge >= 0.3 is 6.18 Å². The van der Waals surface area contributed by atoms with Crippen LogP contribution in [0.15, 0.2) is 0 Å². The fraction of sp³-hybridized carbons (Fsp3) is 0.917. The van der Waals surface area contributed by atoms with Gasteiger partial charge < -0.3 is 4.90 Å². The van der Waals surface area contributed by atoms with Crippen LogP contribution in [0.2, 0.25) is 0 Å². The minimum atomic E-state index is -4.37. The van der Waals surface area contributed by atoms with Crippen LogP contribution in [-0.4, -0.2) is 30.1 Å².